The highest BCUT2D eigenvalue weighted by atomic mass is 32.2. The van der Waals surface area contributed by atoms with Gasteiger partial charge in [-0.3, -0.25) is 13.8 Å². The molecule has 0 aromatic heterocycles. The summed E-state index contributed by atoms with van der Waals surface area (Å²) < 4.78 is 53.8. The van der Waals surface area contributed by atoms with Crippen LogP contribution in [0.15, 0.2) is 71.6 Å². The SMILES string of the molecule is Cc1ccc(N(CCCC(=O)Nc2ccc(S(=O)(=O)Nc3ccc(C)cc3C)cc2)S(C)(=O)=O)cc1. The maximum absolute atomic E-state index is 12.7. The first kappa shape index (κ1) is 27.2. The van der Waals surface area contributed by atoms with Gasteiger partial charge in [0, 0.05) is 18.7 Å². The van der Waals surface area contributed by atoms with Crippen LogP contribution in [0.4, 0.5) is 17.1 Å². The number of benzene rings is 3. The van der Waals surface area contributed by atoms with Gasteiger partial charge in [0.25, 0.3) is 10.0 Å². The van der Waals surface area contributed by atoms with E-state index in [0.29, 0.717) is 23.5 Å². The molecule has 1 amide bonds. The molecular weight excluding hydrogens is 498 g/mol. The number of carbonyl (C=O) groups excluding carboxylic acids is 1. The van der Waals surface area contributed by atoms with E-state index in [0.717, 1.165) is 22.9 Å². The topological polar surface area (TPSA) is 113 Å². The van der Waals surface area contributed by atoms with Gasteiger partial charge in [0.2, 0.25) is 15.9 Å². The number of nitrogens with one attached hydrogen (secondary N) is 2. The summed E-state index contributed by atoms with van der Waals surface area (Å²) in [5.41, 5.74) is 4.38. The van der Waals surface area contributed by atoms with E-state index >= 15 is 0 Å². The summed E-state index contributed by atoms with van der Waals surface area (Å²) in [4.78, 5) is 12.5. The van der Waals surface area contributed by atoms with E-state index in [4.69, 9.17) is 0 Å². The van der Waals surface area contributed by atoms with Gasteiger partial charge in [-0.25, -0.2) is 16.8 Å². The Labute approximate surface area is 213 Å². The molecule has 0 saturated carbocycles. The molecule has 0 fully saturated rings. The molecule has 3 aromatic carbocycles. The molecule has 0 unspecified atom stereocenters. The number of sulfonamides is 2. The van der Waals surface area contributed by atoms with Crippen LogP contribution in [-0.2, 0) is 24.8 Å². The second-order valence-corrected chi connectivity index (χ2v) is 12.4. The van der Waals surface area contributed by atoms with Crippen LogP contribution in [0.25, 0.3) is 0 Å². The standard InChI is InChI=1S/C26H31N3O5S2/c1-19-7-12-23(13-8-19)29(35(4,31)32)17-5-6-26(30)27-22-10-14-24(15-11-22)36(33,34)28-25-16-9-20(2)18-21(25)3/h7-16,18,28H,5-6,17H2,1-4H3,(H,27,30). The van der Waals surface area contributed by atoms with Crippen LogP contribution >= 0.6 is 0 Å². The summed E-state index contributed by atoms with van der Waals surface area (Å²) in [6.45, 7) is 5.85. The Morgan fingerprint density at radius 2 is 1.44 bits per heavy atom. The zero-order valence-corrected chi connectivity index (χ0v) is 22.4. The quantitative estimate of drug-likeness (QED) is 0.399. The highest BCUT2D eigenvalue weighted by molar-refractivity contribution is 7.92. The molecule has 0 atom stereocenters. The van der Waals surface area contributed by atoms with Crippen LogP contribution in [-0.4, -0.2) is 35.5 Å². The van der Waals surface area contributed by atoms with E-state index < -0.39 is 20.0 Å². The van der Waals surface area contributed by atoms with Crippen molar-refractivity contribution in [1.82, 2.24) is 0 Å². The molecular formula is C26H31N3O5S2. The van der Waals surface area contributed by atoms with Crippen LogP contribution < -0.4 is 14.3 Å². The number of carbonyl (C=O) groups is 1. The zero-order chi connectivity index (χ0) is 26.5. The lowest BCUT2D eigenvalue weighted by atomic mass is 10.1. The van der Waals surface area contributed by atoms with Crippen LogP contribution in [0.1, 0.15) is 29.5 Å². The summed E-state index contributed by atoms with van der Waals surface area (Å²) in [5.74, 6) is -0.295. The number of rotatable bonds is 10. The summed E-state index contributed by atoms with van der Waals surface area (Å²) in [5, 5.41) is 2.72. The monoisotopic (exact) mass is 529 g/mol. The van der Waals surface area contributed by atoms with Gasteiger partial charge in [-0.05, 0) is 75.2 Å². The summed E-state index contributed by atoms with van der Waals surface area (Å²) >= 11 is 0. The number of hydrogen-bond donors (Lipinski definition) is 2. The van der Waals surface area contributed by atoms with E-state index in [1.807, 2.05) is 45.0 Å². The molecule has 0 spiro atoms. The van der Waals surface area contributed by atoms with E-state index in [1.54, 1.807) is 18.2 Å². The van der Waals surface area contributed by atoms with E-state index in [-0.39, 0.29) is 23.8 Å². The van der Waals surface area contributed by atoms with Gasteiger partial charge in [0.15, 0.2) is 0 Å². The molecule has 0 aliphatic rings. The number of aryl methyl sites for hydroxylation is 3. The smallest absolute Gasteiger partial charge is 0.261 e. The summed E-state index contributed by atoms with van der Waals surface area (Å²) in [6, 6.07) is 18.5. The minimum absolute atomic E-state index is 0.0716. The maximum atomic E-state index is 12.7. The van der Waals surface area contributed by atoms with Gasteiger partial charge >= 0.3 is 0 Å². The van der Waals surface area contributed by atoms with Gasteiger partial charge < -0.3 is 5.32 Å². The fraction of sp³-hybridized carbons (Fsp3) is 0.269. The average molecular weight is 530 g/mol. The fourth-order valence-corrected chi connectivity index (χ4v) is 5.75. The van der Waals surface area contributed by atoms with E-state index in [1.165, 1.54) is 28.6 Å². The van der Waals surface area contributed by atoms with Crippen LogP contribution in [0.5, 0.6) is 0 Å². The summed E-state index contributed by atoms with van der Waals surface area (Å²) in [7, 11) is -7.28. The highest BCUT2D eigenvalue weighted by Gasteiger charge is 2.18. The van der Waals surface area contributed by atoms with Crippen molar-refractivity contribution in [3.8, 4) is 0 Å². The Balaban J connectivity index is 1.58. The normalized spacial score (nSPS) is 11.7. The third-order valence-electron chi connectivity index (χ3n) is 5.56. The Morgan fingerprint density at radius 3 is 2.03 bits per heavy atom. The molecule has 0 heterocycles. The lowest BCUT2D eigenvalue weighted by Crippen LogP contribution is -2.31. The first-order valence-electron chi connectivity index (χ1n) is 11.4. The Bertz CT molecular complexity index is 1430. The molecule has 10 heteroatoms. The predicted octanol–water partition coefficient (Wildman–Crippen LogP) is 4.60. The first-order valence-corrected chi connectivity index (χ1v) is 14.7. The van der Waals surface area contributed by atoms with Crippen LogP contribution in [0.3, 0.4) is 0 Å². The van der Waals surface area contributed by atoms with Gasteiger partial charge in [-0.1, -0.05) is 35.4 Å². The van der Waals surface area contributed by atoms with Crippen molar-refractivity contribution in [2.45, 2.75) is 38.5 Å². The Hall–Kier alpha value is -3.37. The van der Waals surface area contributed by atoms with Crippen molar-refractivity contribution in [2.75, 3.05) is 27.1 Å². The fourth-order valence-electron chi connectivity index (χ4n) is 3.65. The zero-order valence-electron chi connectivity index (χ0n) is 20.8. The minimum atomic E-state index is -3.79. The van der Waals surface area contributed by atoms with Crippen LogP contribution in [0.2, 0.25) is 0 Å². The van der Waals surface area contributed by atoms with Crippen molar-refractivity contribution in [2.24, 2.45) is 0 Å². The highest BCUT2D eigenvalue weighted by Crippen LogP contribution is 2.22. The van der Waals surface area contributed by atoms with Crippen molar-refractivity contribution in [3.05, 3.63) is 83.4 Å². The molecule has 0 aliphatic carbocycles. The van der Waals surface area contributed by atoms with Crippen molar-refractivity contribution in [3.63, 3.8) is 0 Å². The Kier molecular flexibility index (Phi) is 8.42. The van der Waals surface area contributed by atoms with E-state index in [9.17, 15) is 21.6 Å². The van der Waals surface area contributed by atoms with Crippen molar-refractivity contribution < 1.29 is 21.6 Å². The molecule has 3 aromatic rings. The van der Waals surface area contributed by atoms with Gasteiger partial charge in [-0.15, -0.1) is 0 Å². The van der Waals surface area contributed by atoms with Gasteiger partial charge in [0.1, 0.15) is 0 Å². The minimum Gasteiger partial charge on any atom is -0.326 e. The number of nitrogens with zero attached hydrogens (tertiary/aromatic N) is 1. The molecule has 0 radical (unpaired) electrons. The molecule has 3 rings (SSSR count). The molecule has 0 bridgehead atoms. The average Bonchev–Trinajstić information content (AvgIpc) is 2.79. The van der Waals surface area contributed by atoms with E-state index in [2.05, 4.69) is 10.0 Å². The number of hydrogen-bond acceptors (Lipinski definition) is 5. The molecule has 0 aliphatic heterocycles. The van der Waals surface area contributed by atoms with Crippen molar-refractivity contribution >= 4 is 43.0 Å². The molecule has 0 saturated heterocycles. The molecule has 36 heavy (non-hydrogen) atoms. The first-order chi connectivity index (χ1) is 16.8. The van der Waals surface area contributed by atoms with Gasteiger partial charge in [-0.2, -0.15) is 0 Å². The third-order valence-corrected chi connectivity index (χ3v) is 8.14. The maximum Gasteiger partial charge on any atom is 0.261 e. The third kappa shape index (κ3) is 7.32. The second kappa shape index (κ2) is 11.1. The second-order valence-electron chi connectivity index (χ2n) is 8.77. The van der Waals surface area contributed by atoms with Gasteiger partial charge in [0.05, 0.1) is 22.5 Å². The van der Waals surface area contributed by atoms with Crippen LogP contribution in [0, 0.1) is 20.8 Å². The molecule has 2 N–H and O–H groups in total. The number of anilines is 3. The molecule has 192 valence electrons. The Morgan fingerprint density at radius 1 is 0.833 bits per heavy atom. The lowest BCUT2D eigenvalue weighted by Gasteiger charge is -2.22. The molecule has 8 nitrogen and oxygen atoms in total. The summed E-state index contributed by atoms with van der Waals surface area (Å²) in [6.07, 6.45) is 1.56. The number of amides is 1. The van der Waals surface area contributed by atoms with Crippen molar-refractivity contribution in [1.29, 1.82) is 0 Å². The lowest BCUT2D eigenvalue weighted by molar-refractivity contribution is -0.116. The predicted molar refractivity (Wildman–Crippen MR) is 144 cm³/mol. The largest absolute Gasteiger partial charge is 0.326 e.